The van der Waals surface area contributed by atoms with Crippen LogP contribution in [-0.2, 0) is 19.3 Å². The van der Waals surface area contributed by atoms with E-state index in [0.29, 0.717) is 5.69 Å². The molecule has 0 atom stereocenters. The number of nitrogens with two attached hydrogens (primary N) is 1. The third-order valence-corrected chi connectivity index (χ3v) is 4.97. The maximum Gasteiger partial charge on any atom is 0.217 e. The number of aromatic nitrogens is 3. The van der Waals surface area contributed by atoms with Crippen molar-refractivity contribution in [2.24, 2.45) is 0 Å². The summed E-state index contributed by atoms with van der Waals surface area (Å²) in [5.41, 5.74) is 8.16. The molecular weight excluding hydrogens is 388 g/mol. The zero-order valence-electron chi connectivity index (χ0n) is 16.4. The predicted octanol–water partition coefficient (Wildman–Crippen LogP) is -0.00828. The second kappa shape index (κ2) is 9.47. The van der Waals surface area contributed by atoms with E-state index in [1.165, 1.54) is 0 Å². The first-order valence-electron chi connectivity index (χ1n) is 8.91. The first-order valence-corrected chi connectivity index (χ1v) is 10.2. The number of fused-ring (bicyclic) bond motifs is 1. The zero-order chi connectivity index (χ0) is 20.8. The molecule has 0 aromatic carbocycles. The molecule has 0 amide bonds. The average molecular weight is 417 g/mol. The third kappa shape index (κ3) is 6.56. The predicted molar refractivity (Wildman–Crippen MR) is 104 cm³/mol. The molecule has 11 nitrogen and oxygen atoms in total. The lowest BCUT2D eigenvalue weighted by atomic mass is 10.3. The van der Waals surface area contributed by atoms with Gasteiger partial charge in [-0.1, -0.05) is 0 Å². The van der Waals surface area contributed by atoms with Gasteiger partial charge in [0.05, 0.1) is 45.8 Å². The zero-order valence-corrected chi connectivity index (χ0v) is 17.2. The molecule has 28 heavy (non-hydrogen) atoms. The maximum absolute atomic E-state index is 9.22. The molecule has 0 unspecified atom stereocenters. The molecule has 12 heteroatoms. The quantitative estimate of drug-likeness (QED) is 0.287. The molecule has 158 valence electrons. The molecule has 0 bridgehead atoms. The molecule has 3 N–H and O–H groups in total. The van der Waals surface area contributed by atoms with E-state index < -0.39 is 10.4 Å². The number of rotatable bonds is 6. The van der Waals surface area contributed by atoms with Crippen molar-refractivity contribution < 1.29 is 26.4 Å². The molecule has 2 aromatic heterocycles. The molecule has 3 heterocycles. The van der Waals surface area contributed by atoms with Crippen molar-refractivity contribution >= 4 is 27.6 Å². The summed E-state index contributed by atoms with van der Waals surface area (Å²) in [4.78, 5) is 4.43. The van der Waals surface area contributed by atoms with Crippen LogP contribution < -0.4 is 11.1 Å². The van der Waals surface area contributed by atoms with Gasteiger partial charge in [0, 0.05) is 24.7 Å². The molecule has 1 aliphatic rings. The van der Waals surface area contributed by atoms with Gasteiger partial charge in [-0.25, -0.2) is 13.4 Å². The molecular formula is C16H28N6O5S. The van der Waals surface area contributed by atoms with Crippen LogP contribution in [0, 0.1) is 6.92 Å². The van der Waals surface area contributed by atoms with E-state index >= 15 is 0 Å². The summed E-state index contributed by atoms with van der Waals surface area (Å²) >= 11 is 0. The van der Waals surface area contributed by atoms with E-state index in [4.69, 9.17) is 10.5 Å². The van der Waals surface area contributed by atoms with Crippen molar-refractivity contribution in [3.63, 3.8) is 0 Å². The first-order chi connectivity index (χ1) is 13.1. The molecule has 0 aliphatic carbocycles. The lowest BCUT2D eigenvalue weighted by molar-refractivity contribution is -0.916. The Labute approximate surface area is 165 Å². The minimum Gasteiger partial charge on any atom is -0.726 e. The van der Waals surface area contributed by atoms with Crippen molar-refractivity contribution in [1.82, 2.24) is 14.6 Å². The van der Waals surface area contributed by atoms with Crippen molar-refractivity contribution in [1.29, 1.82) is 0 Å². The molecule has 0 saturated carbocycles. The number of likely N-dealkylation sites (N-methyl/N-ethyl adjacent to an activating group) is 1. The van der Waals surface area contributed by atoms with Crippen LogP contribution in [0.15, 0.2) is 12.3 Å². The van der Waals surface area contributed by atoms with Gasteiger partial charge < -0.3 is 24.8 Å². The minimum absolute atomic E-state index is 0.609. The second-order valence-corrected chi connectivity index (χ2v) is 8.03. The minimum atomic E-state index is -4.41. The van der Waals surface area contributed by atoms with Crippen LogP contribution in [0.5, 0.6) is 0 Å². The van der Waals surface area contributed by atoms with Crippen LogP contribution >= 0.6 is 0 Å². The van der Waals surface area contributed by atoms with E-state index in [-0.39, 0.29) is 0 Å². The SMILES string of the molecule is COS(=O)(=O)[O-].Cc1cc(NCCC[N+]2(C)CCOCC2)n2ncc(N)c2n1. The summed E-state index contributed by atoms with van der Waals surface area (Å²) < 4.78 is 39.3. The summed E-state index contributed by atoms with van der Waals surface area (Å²) in [6, 6.07) is 2.00. The Morgan fingerprint density at radius 1 is 1.43 bits per heavy atom. The summed E-state index contributed by atoms with van der Waals surface area (Å²) in [6.45, 7) is 8.00. The monoisotopic (exact) mass is 416 g/mol. The van der Waals surface area contributed by atoms with Gasteiger partial charge in [-0.2, -0.15) is 9.61 Å². The Morgan fingerprint density at radius 2 is 2.07 bits per heavy atom. The number of nitrogens with zero attached hydrogens (tertiary/aromatic N) is 4. The van der Waals surface area contributed by atoms with Crippen molar-refractivity contribution in [2.45, 2.75) is 13.3 Å². The Kier molecular flexibility index (Phi) is 7.55. The van der Waals surface area contributed by atoms with Gasteiger partial charge in [-0.15, -0.1) is 0 Å². The maximum atomic E-state index is 9.22. The van der Waals surface area contributed by atoms with Gasteiger partial charge in [0.1, 0.15) is 18.9 Å². The molecule has 3 rings (SSSR count). The van der Waals surface area contributed by atoms with Gasteiger partial charge in [0.25, 0.3) is 0 Å². The van der Waals surface area contributed by atoms with Gasteiger partial charge >= 0.3 is 0 Å². The van der Waals surface area contributed by atoms with E-state index in [1.54, 1.807) is 10.7 Å². The standard InChI is InChI=1S/C15H25N6O.CH4O4S/c1-12-10-14(20-15(19-12)13(16)11-18-20)17-4-3-5-21(2)6-8-22-9-7-21;1-5-6(2,3)4/h10-11,17H,3-9,16H2,1-2H3;1H3,(H,2,3,4)/q+1;/p-1. The number of anilines is 2. The smallest absolute Gasteiger partial charge is 0.217 e. The van der Waals surface area contributed by atoms with Crippen molar-refractivity contribution in [3.05, 3.63) is 18.0 Å². The highest BCUT2D eigenvalue weighted by atomic mass is 32.3. The molecule has 1 aliphatic heterocycles. The van der Waals surface area contributed by atoms with E-state index in [0.717, 1.165) is 74.6 Å². The third-order valence-electron chi connectivity index (χ3n) is 4.56. The van der Waals surface area contributed by atoms with E-state index in [1.807, 2.05) is 13.0 Å². The van der Waals surface area contributed by atoms with Gasteiger partial charge in [-0.3, -0.25) is 4.18 Å². The molecule has 1 saturated heterocycles. The average Bonchev–Trinajstić information content (AvgIpc) is 3.00. The van der Waals surface area contributed by atoms with Gasteiger partial charge in [0.15, 0.2) is 5.65 Å². The first kappa shape index (κ1) is 22.3. The lowest BCUT2D eigenvalue weighted by Crippen LogP contribution is -2.52. The van der Waals surface area contributed by atoms with Gasteiger partial charge in [0.2, 0.25) is 10.4 Å². The summed E-state index contributed by atoms with van der Waals surface area (Å²) in [6.07, 6.45) is 2.75. The topological polar surface area (TPSA) is 144 Å². The van der Waals surface area contributed by atoms with Crippen LogP contribution in [0.2, 0.25) is 0 Å². The van der Waals surface area contributed by atoms with Crippen LogP contribution in [0.1, 0.15) is 12.1 Å². The number of hydrogen-bond acceptors (Lipinski definition) is 9. The molecule has 1 fully saturated rings. The Hall–Kier alpha value is -1.99. The summed E-state index contributed by atoms with van der Waals surface area (Å²) in [7, 11) is -1.29. The number of quaternary nitrogens is 1. The Balaban J connectivity index is 0.000000409. The fourth-order valence-corrected chi connectivity index (χ4v) is 2.91. The number of hydrogen-bond donors (Lipinski definition) is 2. The highest BCUT2D eigenvalue weighted by Crippen LogP contribution is 2.17. The summed E-state index contributed by atoms with van der Waals surface area (Å²) in [5.74, 6) is 0.948. The second-order valence-electron chi connectivity index (χ2n) is 6.88. The molecule has 2 aromatic rings. The van der Waals surface area contributed by atoms with Crippen LogP contribution in [0.25, 0.3) is 5.65 Å². The van der Waals surface area contributed by atoms with E-state index in [9.17, 15) is 13.0 Å². The molecule has 0 radical (unpaired) electrons. The largest absolute Gasteiger partial charge is 0.726 e. The fourth-order valence-electron chi connectivity index (χ4n) is 2.91. The number of ether oxygens (including phenoxy) is 1. The lowest BCUT2D eigenvalue weighted by Gasteiger charge is -2.37. The van der Waals surface area contributed by atoms with Crippen LogP contribution in [-0.4, -0.2) is 85.6 Å². The number of morpholine rings is 1. The number of nitrogens with one attached hydrogen (secondary N) is 1. The Bertz CT molecular complexity index is 879. The van der Waals surface area contributed by atoms with Crippen molar-refractivity contribution in [3.8, 4) is 0 Å². The highest BCUT2D eigenvalue weighted by Gasteiger charge is 2.24. The number of aryl methyl sites for hydroxylation is 1. The number of nitrogen functional groups attached to an aromatic ring is 1. The van der Waals surface area contributed by atoms with Crippen LogP contribution in [0.3, 0.4) is 0 Å². The van der Waals surface area contributed by atoms with E-state index in [2.05, 4.69) is 26.6 Å². The summed E-state index contributed by atoms with van der Waals surface area (Å²) in [5, 5.41) is 7.75. The Morgan fingerprint density at radius 3 is 2.68 bits per heavy atom. The highest BCUT2D eigenvalue weighted by molar-refractivity contribution is 7.80. The molecule has 0 spiro atoms. The van der Waals surface area contributed by atoms with Crippen molar-refractivity contribution in [2.75, 3.05) is 64.6 Å². The van der Waals surface area contributed by atoms with Gasteiger partial charge in [-0.05, 0) is 6.92 Å². The van der Waals surface area contributed by atoms with Crippen LogP contribution in [0.4, 0.5) is 11.5 Å². The normalized spacial score (nSPS) is 16.4. The fraction of sp³-hybridized carbons (Fsp3) is 0.625.